The molecule has 0 aliphatic carbocycles. The van der Waals surface area contributed by atoms with Gasteiger partial charge in [0.2, 0.25) is 0 Å². The van der Waals surface area contributed by atoms with E-state index < -0.39 is 0 Å². The van der Waals surface area contributed by atoms with Crippen LogP contribution in [0, 0.1) is 6.92 Å². The van der Waals surface area contributed by atoms with E-state index in [2.05, 4.69) is 34.2 Å². The molecule has 0 saturated carbocycles. The van der Waals surface area contributed by atoms with Crippen LogP contribution < -0.4 is 5.32 Å². The zero-order valence-corrected chi connectivity index (χ0v) is 12.9. The first-order valence-corrected chi connectivity index (χ1v) is 7.26. The molecule has 0 radical (unpaired) electrons. The fraction of sp³-hybridized carbons (Fsp3) is 0.500. The lowest BCUT2D eigenvalue weighted by Crippen LogP contribution is -2.25. The van der Waals surface area contributed by atoms with Gasteiger partial charge in [-0.25, -0.2) is 0 Å². The Morgan fingerprint density at radius 3 is 2.75 bits per heavy atom. The second-order valence-electron chi connectivity index (χ2n) is 4.61. The third-order valence-corrected chi connectivity index (χ3v) is 3.73. The van der Waals surface area contributed by atoms with Crippen molar-refractivity contribution in [1.82, 2.24) is 25.1 Å². The molecular formula is C14H20ClN5. The van der Waals surface area contributed by atoms with Crippen LogP contribution in [0.1, 0.15) is 37.0 Å². The summed E-state index contributed by atoms with van der Waals surface area (Å²) in [6, 6.07) is 0.0904. The van der Waals surface area contributed by atoms with Gasteiger partial charge in [-0.15, -0.1) is 0 Å². The van der Waals surface area contributed by atoms with E-state index in [1.165, 1.54) is 0 Å². The van der Waals surface area contributed by atoms with Crippen molar-refractivity contribution < 1.29 is 0 Å². The maximum atomic E-state index is 6.38. The van der Waals surface area contributed by atoms with Crippen LogP contribution in [0.25, 0.3) is 0 Å². The molecule has 108 valence electrons. The minimum atomic E-state index is 0.0904. The molecular weight excluding hydrogens is 274 g/mol. The number of hydrogen-bond acceptors (Lipinski definition) is 4. The second-order valence-corrected chi connectivity index (χ2v) is 4.98. The van der Waals surface area contributed by atoms with Gasteiger partial charge < -0.3 is 5.32 Å². The fourth-order valence-corrected chi connectivity index (χ4v) is 2.49. The SMILES string of the molecule is CCNC(Cc1c(Cl)c(C)nn1CC)c1cnccn1. The van der Waals surface area contributed by atoms with E-state index >= 15 is 0 Å². The normalized spacial score (nSPS) is 12.6. The minimum absolute atomic E-state index is 0.0904. The third kappa shape index (κ3) is 3.16. The number of halogens is 1. The molecule has 0 spiro atoms. The number of aromatic nitrogens is 4. The largest absolute Gasteiger partial charge is 0.309 e. The van der Waals surface area contributed by atoms with Crippen molar-refractivity contribution in [2.45, 2.75) is 39.8 Å². The predicted octanol–water partition coefficient (Wildman–Crippen LogP) is 2.55. The van der Waals surface area contributed by atoms with Gasteiger partial charge in [0, 0.05) is 31.6 Å². The van der Waals surface area contributed by atoms with Gasteiger partial charge in [-0.05, 0) is 20.4 Å². The van der Waals surface area contributed by atoms with Gasteiger partial charge in [0.15, 0.2) is 0 Å². The first kappa shape index (κ1) is 14.9. The van der Waals surface area contributed by atoms with E-state index in [4.69, 9.17) is 11.6 Å². The van der Waals surface area contributed by atoms with Crippen molar-refractivity contribution in [2.75, 3.05) is 6.54 Å². The number of rotatable bonds is 6. The van der Waals surface area contributed by atoms with Crippen molar-refractivity contribution in [3.63, 3.8) is 0 Å². The number of hydrogen-bond donors (Lipinski definition) is 1. The summed E-state index contributed by atoms with van der Waals surface area (Å²) in [6.45, 7) is 7.74. The number of likely N-dealkylation sites (N-methyl/N-ethyl adjacent to an activating group) is 1. The lowest BCUT2D eigenvalue weighted by atomic mass is 10.1. The summed E-state index contributed by atoms with van der Waals surface area (Å²) in [6.07, 6.45) is 5.93. The summed E-state index contributed by atoms with van der Waals surface area (Å²) in [5.41, 5.74) is 2.84. The summed E-state index contributed by atoms with van der Waals surface area (Å²) in [5.74, 6) is 0. The Morgan fingerprint density at radius 1 is 1.35 bits per heavy atom. The quantitative estimate of drug-likeness (QED) is 0.889. The van der Waals surface area contributed by atoms with Gasteiger partial charge >= 0.3 is 0 Å². The average molecular weight is 294 g/mol. The molecule has 20 heavy (non-hydrogen) atoms. The van der Waals surface area contributed by atoms with Crippen LogP contribution in [0.5, 0.6) is 0 Å². The molecule has 0 aliphatic heterocycles. The molecule has 0 saturated heterocycles. The van der Waals surface area contributed by atoms with E-state index in [1.54, 1.807) is 18.6 Å². The number of nitrogens with zero attached hydrogens (tertiary/aromatic N) is 4. The van der Waals surface area contributed by atoms with Gasteiger partial charge in [-0.1, -0.05) is 18.5 Å². The molecule has 1 unspecified atom stereocenters. The Labute approximate surface area is 124 Å². The van der Waals surface area contributed by atoms with Crippen molar-refractivity contribution in [3.8, 4) is 0 Å². The molecule has 0 amide bonds. The molecule has 6 heteroatoms. The monoisotopic (exact) mass is 293 g/mol. The molecule has 1 N–H and O–H groups in total. The Bertz CT molecular complexity index is 552. The minimum Gasteiger partial charge on any atom is -0.309 e. The van der Waals surface area contributed by atoms with E-state index in [0.717, 1.165) is 41.6 Å². The van der Waals surface area contributed by atoms with Gasteiger partial charge in [0.25, 0.3) is 0 Å². The van der Waals surface area contributed by atoms with Gasteiger partial charge in [0.05, 0.1) is 28.1 Å². The molecule has 2 heterocycles. The lowest BCUT2D eigenvalue weighted by Gasteiger charge is -2.17. The number of nitrogens with one attached hydrogen (secondary N) is 1. The highest BCUT2D eigenvalue weighted by atomic mass is 35.5. The van der Waals surface area contributed by atoms with Gasteiger partial charge in [-0.3, -0.25) is 14.6 Å². The number of aryl methyl sites for hydroxylation is 2. The fourth-order valence-electron chi connectivity index (χ4n) is 2.28. The Morgan fingerprint density at radius 2 is 2.15 bits per heavy atom. The summed E-state index contributed by atoms with van der Waals surface area (Å²) >= 11 is 6.38. The maximum absolute atomic E-state index is 6.38. The summed E-state index contributed by atoms with van der Waals surface area (Å²) in [4.78, 5) is 8.53. The highest BCUT2D eigenvalue weighted by molar-refractivity contribution is 6.31. The van der Waals surface area contributed by atoms with Crippen LogP contribution in [0.2, 0.25) is 5.02 Å². The molecule has 2 rings (SSSR count). The molecule has 0 aliphatic rings. The van der Waals surface area contributed by atoms with Crippen LogP contribution in [0.15, 0.2) is 18.6 Å². The molecule has 0 bridgehead atoms. The van der Waals surface area contributed by atoms with E-state index in [1.807, 2.05) is 11.6 Å². The second kappa shape index (κ2) is 6.81. The van der Waals surface area contributed by atoms with Gasteiger partial charge in [0.1, 0.15) is 0 Å². The Balaban J connectivity index is 2.29. The summed E-state index contributed by atoms with van der Waals surface area (Å²) in [5, 5.41) is 8.64. The van der Waals surface area contributed by atoms with E-state index in [9.17, 15) is 0 Å². The van der Waals surface area contributed by atoms with E-state index in [0.29, 0.717) is 0 Å². The maximum Gasteiger partial charge on any atom is 0.0847 e. The van der Waals surface area contributed by atoms with Crippen LogP contribution in [-0.4, -0.2) is 26.3 Å². The van der Waals surface area contributed by atoms with Crippen LogP contribution >= 0.6 is 11.6 Å². The molecule has 2 aromatic rings. The van der Waals surface area contributed by atoms with Crippen molar-refractivity contribution in [3.05, 3.63) is 40.7 Å². The van der Waals surface area contributed by atoms with Crippen LogP contribution in [-0.2, 0) is 13.0 Å². The molecule has 0 aromatic carbocycles. The highest BCUT2D eigenvalue weighted by Gasteiger charge is 2.19. The highest BCUT2D eigenvalue weighted by Crippen LogP contribution is 2.25. The third-order valence-electron chi connectivity index (χ3n) is 3.24. The van der Waals surface area contributed by atoms with Crippen molar-refractivity contribution in [1.29, 1.82) is 0 Å². The first-order chi connectivity index (χ1) is 9.67. The zero-order valence-electron chi connectivity index (χ0n) is 12.1. The van der Waals surface area contributed by atoms with Crippen molar-refractivity contribution in [2.24, 2.45) is 0 Å². The van der Waals surface area contributed by atoms with Crippen LogP contribution in [0.3, 0.4) is 0 Å². The molecule has 1 atom stereocenters. The summed E-state index contributed by atoms with van der Waals surface area (Å²) in [7, 11) is 0. The first-order valence-electron chi connectivity index (χ1n) is 6.88. The molecule has 0 fully saturated rings. The van der Waals surface area contributed by atoms with Gasteiger partial charge in [-0.2, -0.15) is 5.10 Å². The Kier molecular flexibility index (Phi) is 5.09. The predicted molar refractivity (Wildman–Crippen MR) is 79.8 cm³/mol. The lowest BCUT2D eigenvalue weighted by molar-refractivity contribution is 0.505. The zero-order chi connectivity index (χ0) is 14.5. The average Bonchev–Trinajstić information content (AvgIpc) is 2.75. The smallest absolute Gasteiger partial charge is 0.0847 e. The molecule has 2 aromatic heterocycles. The van der Waals surface area contributed by atoms with E-state index in [-0.39, 0.29) is 6.04 Å². The van der Waals surface area contributed by atoms with Crippen molar-refractivity contribution >= 4 is 11.6 Å². The molecule has 5 nitrogen and oxygen atoms in total. The standard InChI is InChI=1S/C14H20ClN5/c1-4-17-11(12-9-16-6-7-18-12)8-13-14(15)10(3)19-20(13)5-2/h6-7,9,11,17H,4-5,8H2,1-3H3. The topological polar surface area (TPSA) is 55.6 Å². The van der Waals surface area contributed by atoms with Crippen LogP contribution in [0.4, 0.5) is 0 Å². The Hall–Kier alpha value is -1.46. The summed E-state index contributed by atoms with van der Waals surface area (Å²) < 4.78 is 1.96.